The van der Waals surface area contributed by atoms with E-state index < -0.39 is 0 Å². The lowest BCUT2D eigenvalue weighted by Crippen LogP contribution is -2.33. The Morgan fingerprint density at radius 2 is 2.00 bits per heavy atom. The number of thiophene rings is 1. The average Bonchev–Trinajstić information content (AvgIpc) is 3.31. The maximum absolute atomic E-state index is 6.48. The van der Waals surface area contributed by atoms with Crippen molar-refractivity contribution in [3.05, 3.63) is 85.5 Å². The van der Waals surface area contributed by atoms with E-state index in [2.05, 4.69) is 44.5 Å². The first-order valence-corrected chi connectivity index (χ1v) is 10.4. The molecule has 2 aliphatic heterocycles. The molecule has 2 aromatic carbocycles. The summed E-state index contributed by atoms with van der Waals surface area (Å²) < 4.78 is 7.39. The lowest BCUT2D eigenvalue weighted by Gasteiger charge is -2.38. The van der Waals surface area contributed by atoms with Crippen molar-refractivity contribution in [1.82, 2.24) is 5.01 Å². The largest absolute Gasteiger partial charge is 0.464 e. The molecule has 26 heavy (non-hydrogen) atoms. The molecular formula is C20H14BrClN2OS. The van der Waals surface area contributed by atoms with Gasteiger partial charge in [0.2, 0.25) is 6.23 Å². The molecule has 0 aliphatic carbocycles. The van der Waals surface area contributed by atoms with Crippen LogP contribution in [0.25, 0.3) is 0 Å². The quantitative estimate of drug-likeness (QED) is 0.455. The van der Waals surface area contributed by atoms with Crippen molar-refractivity contribution in [2.24, 2.45) is 5.10 Å². The van der Waals surface area contributed by atoms with E-state index in [9.17, 15) is 0 Å². The van der Waals surface area contributed by atoms with Crippen LogP contribution in [0.5, 0.6) is 5.75 Å². The van der Waals surface area contributed by atoms with Gasteiger partial charge in [0.05, 0.1) is 16.6 Å². The zero-order valence-corrected chi connectivity index (χ0v) is 16.8. The second kappa shape index (κ2) is 6.41. The topological polar surface area (TPSA) is 24.8 Å². The average molecular weight is 446 g/mol. The van der Waals surface area contributed by atoms with Crippen LogP contribution in [0.1, 0.15) is 34.7 Å². The molecule has 0 bridgehead atoms. The maximum atomic E-state index is 6.48. The van der Waals surface area contributed by atoms with E-state index in [4.69, 9.17) is 21.4 Å². The minimum absolute atomic E-state index is 0.134. The number of halogens is 2. The third-order valence-corrected chi connectivity index (χ3v) is 6.49. The van der Waals surface area contributed by atoms with E-state index >= 15 is 0 Å². The van der Waals surface area contributed by atoms with E-state index in [0.29, 0.717) is 5.02 Å². The zero-order valence-electron chi connectivity index (χ0n) is 13.6. The number of rotatable bonds is 2. The zero-order chi connectivity index (χ0) is 17.7. The van der Waals surface area contributed by atoms with Crippen molar-refractivity contribution < 1.29 is 4.74 Å². The molecule has 0 N–H and O–H groups in total. The summed E-state index contributed by atoms with van der Waals surface area (Å²) in [5, 5.41) is 9.78. The molecule has 0 amide bonds. The normalized spacial score (nSPS) is 21.0. The fourth-order valence-corrected chi connectivity index (χ4v) is 4.86. The first kappa shape index (κ1) is 16.4. The molecule has 3 heterocycles. The molecule has 0 saturated heterocycles. The van der Waals surface area contributed by atoms with Crippen molar-refractivity contribution in [2.45, 2.75) is 18.7 Å². The van der Waals surface area contributed by atoms with Gasteiger partial charge in [0, 0.05) is 27.0 Å². The van der Waals surface area contributed by atoms with Gasteiger partial charge in [-0.15, -0.1) is 11.3 Å². The number of hydrogen-bond donors (Lipinski definition) is 0. The van der Waals surface area contributed by atoms with Gasteiger partial charge >= 0.3 is 0 Å². The molecule has 2 atom stereocenters. The number of hydrogen-bond acceptors (Lipinski definition) is 4. The minimum atomic E-state index is -0.333. The molecule has 1 aromatic heterocycles. The molecule has 0 unspecified atom stereocenters. The number of fused-ring (bicyclic) bond motifs is 3. The molecule has 0 spiro atoms. The van der Waals surface area contributed by atoms with E-state index in [1.165, 1.54) is 4.88 Å². The molecule has 0 saturated carbocycles. The fourth-order valence-electron chi connectivity index (χ4n) is 3.53. The SMILES string of the molecule is Clc1ccccc1[C@H]1Oc2ccc(Br)cc2[C@H]2CC(c3cccs3)=NN21. The standard InChI is InChI=1S/C20H14BrClN2OS/c21-12-7-8-18-14(10-12)17-11-16(19-6-3-9-26-19)23-24(17)20(25-18)13-4-1-2-5-15(13)22/h1-10,17,20H,11H2/t17-,20-/m1/s1. The Labute approximate surface area is 169 Å². The van der Waals surface area contributed by atoms with Crippen LogP contribution in [0.15, 0.2) is 69.6 Å². The number of hydrazone groups is 1. The van der Waals surface area contributed by atoms with Crippen LogP contribution >= 0.6 is 38.9 Å². The van der Waals surface area contributed by atoms with Crippen molar-refractivity contribution in [3.8, 4) is 5.75 Å². The third-order valence-electron chi connectivity index (χ3n) is 4.73. The second-order valence-corrected chi connectivity index (χ2v) is 8.57. The van der Waals surface area contributed by atoms with E-state index in [1.54, 1.807) is 11.3 Å². The third kappa shape index (κ3) is 2.66. The Bertz CT molecular complexity index is 1000. The Morgan fingerprint density at radius 3 is 2.81 bits per heavy atom. The molecule has 5 rings (SSSR count). The predicted molar refractivity (Wildman–Crippen MR) is 109 cm³/mol. The van der Waals surface area contributed by atoms with Crippen molar-refractivity contribution in [1.29, 1.82) is 0 Å². The van der Waals surface area contributed by atoms with E-state index in [1.807, 2.05) is 36.4 Å². The van der Waals surface area contributed by atoms with Gasteiger partial charge in [0.15, 0.2) is 0 Å². The van der Waals surface area contributed by atoms with Crippen LogP contribution in [0.3, 0.4) is 0 Å². The lowest BCUT2D eigenvalue weighted by atomic mass is 9.98. The summed E-state index contributed by atoms with van der Waals surface area (Å²) in [6.07, 6.45) is 0.522. The molecule has 0 fully saturated rings. The highest BCUT2D eigenvalue weighted by Crippen LogP contribution is 2.49. The van der Waals surface area contributed by atoms with Crippen LogP contribution in [0, 0.1) is 0 Å². The number of nitrogens with zero attached hydrogens (tertiary/aromatic N) is 2. The monoisotopic (exact) mass is 444 g/mol. The first-order valence-electron chi connectivity index (χ1n) is 8.31. The number of ether oxygens (including phenoxy) is 1. The van der Waals surface area contributed by atoms with Crippen LogP contribution in [-0.4, -0.2) is 10.7 Å². The van der Waals surface area contributed by atoms with Gasteiger partial charge in [-0.2, -0.15) is 5.10 Å². The summed E-state index contributed by atoms with van der Waals surface area (Å²) in [6.45, 7) is 0. The van der Waals surface area contributed by atoms with Crippen molar-refractivity contribution in [3.63, 3.8) is 0 Å². The molecular weight excluding hydrogens is 432 g/mol. The van der Waals surface area contributed by atoms with Gasteiger partial charge in [-0.1, -0.05) is 51.8 Å². The minimum Gasteiger partial charge on any atom is -0.464 e. The molecule has 3 nitrogen and oxygen atoms in total. The summed E-state index contributed by atoms with van der Waals surface area (Å²) in [5.74, 6) is 0.891. The Kier molecular flexibility index (Phi) is 4.03. The van der Waals surface area contributed by atoms with Gasteiger partial charge in [-0.25, -0.2) is 5.01 Å². The summed E-state index contributed by atoms with van der Waals surface area (Å²) >= 11 is 11.8. The highest BCUT2D eigenvalue weighted by atomic mass is 79.9. The summed E-state index contributed by atoms with van der Waals surface area (Å²) in [4.78, 5) is 1.20. The smallest absolute Gasteiger partial charge is 0.215 e. The Balaban J connectivity index is 1.64. The van der Waals surface area contributed by atoms with Crippen molar-refractivity contribution in [2.75, 3.05) is 0 Å². The summed E-state index contributed by atoms with van der Waals surface area (Å²) in [6, 6.07) is 18.3. The lowest BCUT2D eigenvalue weighted by molar-refractivity contribution is -0.0190. The maximum Gasteiger partial charge on any atom is 0.215 e. The fraction of sp³-hybridized carbons (Fsp3) is 0.150. The van der Waals surface area contributed by atoms with E-state index in [0.717, 1.165) is 33.5 Å². The van der Waals surface area contributed by atoms with E-state index in [-0.39, 0.29) is 12.3 Å². The molecule has 130 valence electrons. The predicted octanol–water partition coefficient (Wildman–Crippen LogP) is 6.41. The summed E-state index contributed by atoms with van der Waals surface area (Å²) in [5.41, 5.74) is 3.18. The van der Waals surface area contributed by atoms with Crippen LogP contribution in [0.2, 0.25) is 5.02 Å². The Morgan fingerprint density at radius 1 is 1.12 bits per heavy atom. The number of benzene rings is 2. The highest BCUT2D eigenvalue weighted by Gasteiger charge is 2.41. The second-order valence-electron chi connectivity index (χ2n) is 6.30. The first-order chi connectivity index (χ1) is 12.7. The van der Waals surface area contributed by atoms with Crippen LogP contribution < -0.4 is 4.74 Å². The van der Waals surface area contributed by atoms with Gasteiger partial charge in [-0.3, -0.25) is 0 Å². The Hall–Kier alpha value is -1.82. The van der Waals surface area contributed by atoms with Gasteiger partial charge in [0.1, 0.15) is 5.75 Å². The highest BCUT2D eigenvalue weighted by molar-refractivity contribution is 9.10. The van der Waals surface area contributed by atoms with Crippen LogP contribution in [-0.2, 0) is 0 Å². The van der Waals surface area contributed by atoms with Gasteiger partial charge < -0.3 is 4.74 Å². The molecule has 3 aromatic rings. The van der Waals surface area contributed by atoms with Crippen LogP contribution in [0.4, 0.5) is 0 Å². The molecule has 2 aliphatic rings. The van der Waals surface area contributed by atoms with Gasteiger partial charge in [0.25, 0.3) is 0 Å². The van der Waals surface area contributed by atoms with Gasteiger partial charge in [-0.05, 0) is 35.7 Å². The molecule has 0 radical (unpaired) electrons. The molecule has 6 heteroatoms. The van der Waals surface area contributed by atoms with Crippen molar-refractivity contribution >= 4 is 44.6 Å². The summed E-state index contributed by atoms with van der Waals surface area (Å²) in [7, 11) is 0.